The van der Waals surface area contributed by atoms with Crippen LogP contribution in [0.2, 0.25) is 0 Å². The number of alkyl halides is 3. The van der Waals surface area contributed by atoms with Gasteiger partial charge in [-0.3, -0.25) is 9.88 Å². The Morgan fingerprint density at radius 1 is 1.08 bits per heavy atom. The zero-order valence-corrected chi connectivity index (χ0v) is 20.4. The Morgan fingerprint density at radius 3 is 2.51 bits per heavy atom. The number of piperazine rings is 1. The third-order valence-electron chi connectivity index (χ3n) is 5.61. The maximum absolute atomic E-state index is 10.6. The van der Waals surface area contributed by atoms with Crippen LogP contribution in [0.4, 0.5) is 24.5 Å². The molecule has 0 aliphatic carbocycles. The number of nitrogens with zero attached hydrogens (tertiary/aromatic N) is 2. The van der Waals surface area contributed by atoms with Gasteiger partial charge in [0.25, 0.3) is 0 Å². The smallest absolute Gasteiger partial charge is 0.490 e. The number of carbonyl (C=O) groups is 1. The summed E-state index contributed by atoms with van der Waals surface area (Å²) in [5.74, 6) is -2.51. The normalized spacial score (nSPS) is 14.1. The molecule has 0 bridgehead atoms. The lowest BCUT2D eigenvalue weighted by atomic mass is 10.1. The Hall–Kier alpha value is -3.67. The van der Waals surface area contributed by atoms with Crippen LogP contribution in [-0.2, 0) is 11.3 Å². The molecule has 7 nitrogen and oxygen atoms in total. The van der Waals surface area contributed by atoms with Crippen LogP contribution >= 0.6 is 11.3 Å². The molecule has 0 saturated carbocycles. The number of anilines is 2. The largest absolute Gasteiger partial charge is 0.508 e. The summed E-state index contributed by atoms with van der Waals surface area (Å²) in [6, 6.07) is 20.2. The van der Waals surface area contributed by atoms with Crippen molar-refractivity contribution >= 4 is 38.9 Å². The second-order valence-corrected chi connectivity index (χ2v) is 9.44. The first kappa shape index (κ1) is 26.4. The van der Waals surface area contributed by atoms with Crippen molar-refractivity contribution in [3.8, 4) is 16.2 Å². The molecule has 1 saturated heterocycles. The van der Waals surface area contributed by atoms with E-state index in [4.69, 9.17) is 9.90 Å². The summed E-state index contributed by atoms with van der Waals surface area (Å²) in [6.07, 6.45) is -3.26. The highest BCUT2D eigenvalue weighted by atomic mass is 32.1. The number of thiophene rings is 1. The first-order valence-electron chi connectivity index (χ1n) is 11.5. The summed E-state index contributed by atoms with van der Waals surface area (Å²) >= 11 is 1.74. The Bertz CT molecular complexity index is 1370. The highest BCUT2D eigenvalue weighted by Gasteiger charge is 2.38. The van der Waals surface area contributed by atoms with Crippen molar-refractivity contribution in [2.75, 3.05) is 31.5 Å². The van der Waals surface area contributed by atoms with E-state index < -0.39 is 12.1 Å². The van der Waals surface area contributed by atoms with Gasteiger partial charge in [-0.25, -0.2) is 4.79 Å². The maximum Gasteiger partial charge on any atom is 0.490 e. The molecule has 3 heterocycles. The Labute approximate surface area is 215 Å². The topological polar surface area (TPSA) is 97.7 Å². The number of hydrogen-bond acceptors (Lipinski definition) is 7. The third-order valence-corrected chi connectivity index (χ3v) is 6.81. The molecule has 2 aromatic heterocycles. The van der Waals surface area contributed by atoms with E-state index in [2.05, 4.69) is 50.8 Å². The van der Waals surface area contributed by atoms with Gasteiger partial charge < -0.3 is 20.8 Å². The number of fused-ring (bicyclic) bond motifs is 1. The number of halogens is 3. The molecule has 0 amide bonds. The number of phenolic OH excluding ortho intramolecular Hbond substituents is 1. The van der Waals surface area contributed by atoms with Crippen molar-refractivity contribution in [3.63, 3.8) is 0 Å². The lowest BCUT2D eigenvalue weighted by Crippen LogP contribution is -2.42. The number of carboxylic acid groups (broad SMARTS) is 1. The Morgan fingerprint density at radius 2 is 1.81 bits per heavy atom. The van der Waals surface area contributed by atoms with Gasteiger partial charge >= 0.3 is 12.1 Å². The van der Waals surface area contributed by atoms with Gasteiger partial charge in [0.05, 0.1) is 15.9 Å². The molecule has 4 N–H and O–H groups in total. The molecule has 0 spiro atoms. The number of hydrogen-bond donors (Lipinski definition) is 4. The van der Waals surface area contributed by atoms with Gasteiger partial charge in [0.2, 0.25) is 0 Å². The van der Waals surface area contributed by atoms with Gasteiger partial charge in [0.1, 0.15) is 5.75 Å². The number of carboxylic acids is 1. The molecule has 0 radical (unpaired) electrons. The number of nitrogens with one attached hydrogen (secondary N) is 2. The molecule has 0 atom stereocenters. The summed E-state index contributed by atoms with van der Waals surface area (Å²) < 4.78 is 32.9. The first-order valence-corrected chi connectivity index (χ1v) is 12.3. The van der Waals surface area contributed by atoms with Crippen molar-refractivity contribution < 1.29 is 28.2 Å². The number of rotatable bonds is 5. The van der Waals surface area contributed by atoms with Crippen LogP contribution in [0.15, 0.2) is 66.9 Å². The van der Waals surface area contributed by atoms with Gasteiger partial charge in [0.15, 0.2) is 0 Å². The fourth-order valence-electron chi connectivity index (χ4n) is 3.87. The van der Waals surface area contributed by atoms with Gasteiger partial charge in [-0.05, 0) is 41.5 Å². The van der Waals surface area contributed by atoms with E-state index in [1.165, 1.54) is 16.0 Å². The molecule has 0 unspecified atom stereocenters. The summed E-state index contributed by atoms with van der Waals surface area (Å²) in [7, 11) is 0. The van der Waals surface area contributed by atoms with E-state index in [1.807, 2.05) is 24.4 Å². The number of aromatic hydroxyl groups is 1. The zero-order chi connectivity index (χ0) is 26.4. The number of aliphatic carboxylic acids is 1. The summed E-state index contributed by atoms with van der Waals surface area (Å²) in [4.78, 5) is 17.2. The average molecular weight is 531 g/mol. The van der Waals surface area contributed by atoms with Crippen LogP contribution in [0.1, 0.15) is 5.56 Å². The predicted octanol–water partition coefficient (Wildman–Crippen LogP) is 5.45. The van der Waals surface area contributed by atoms with Crippen LogP contribution in [0, 0.1) is 0 Å². The molecule has 5 rings (SSSR count). The van der Waals surface area contributed by atoms with E-state index in [1.54, 1.807) is 23.5 Å². The van der Waals surface area contributed by atoms with Crippen molar-refractivity contribution in [1.29, 1.82) is 0 Å². The fourth-order valence-corrected chi connectivity index (χ4v) is 4.95. The van der Waals surface area contributed by atoms with E-state index in [0.717, 1.165) is 54.3 Å². The Kier molecular flexibility index (Phi) is 8.27. The first-order chi connectivity index (χ1) is 17.7. The second-order valence-electron chi connectivity index (χ2n) is 8.39. The number of phenols is 1. The van der Waals surface area contributed by atoms with Crippen molar-refractivity contribution in [2.24, 2.45) is 0 Å². The van der Waals surface area contributed by atoms with Crippen LogP contribution in [0.25, 0.3) is 20.7 Å². The van der Waals surface area contributed by atoms with Gasteiger partial charge in [-0.2, -0.15) is 13.2 Å². The van der Waals surface area contributed by atoms with Gasteiger partial charge in [-0.1, -0.05) is 24.3 Å². The molecule has 11 heteroatoms. The van der Waals surface area contributed by atoms with E-state index in [0.29, 0.717) is 0 Å². The van der Waals surface area contributed by atoms with Crippen molar-refractivity contribution in [1.82, 2.24) is 15.2 Å². The average Bonchev–Trinajstić information content (AvgIpc) is 3.30. The fraction of sp³-hybridized carbons (Fsp3) is 0.231. The maximum atomic E-state index is 10.6. The highest BCUT2D eigenvalue weighted by molar-refractivity contribution is 7.22. The minimum atomic E-state index is -5.08. The van der Waals surface area contributed by atoms with E-state index in [-0.39, 0.29) is 5.75 Å². The Balaban J connectivity index is 0.000000405. The van der Waals surface area contributed by atoms with Gasteiger partial charge in [0, 0.05) is 55.6 Å². The molecular formula is C26H25F3N4O3S. The highest BCUT2D eigenvalue weighted by Crippen LogP contribution is 2.38. The van der Waals surface area contributed by atoms with Crippen molar-refractivity contribution in [2.45, 2.75) is 12.7 Å². The molecule has 194 valence electrons. The molecule has 2 aromatic carbocycles. The van der Waals surface area contributed by atoms with E-state index in [9.17, 15) is 18.3 Å². The van der Waals surface area contributed by atoms with Gasteiger partial charge in [-0.15, -0.1) is 11.3 Å². The monoisotopic (exact) mass is 530 g/mol. The molecule has 1 aliphatic heterocycles. The van der Waals surface area contributed by atoms with Crippen molar-refractivity contribution in [3.05, 3.63) is 72.4 Å². The summed E-state index contributed by atoms with van der Waals surface area (Å²) in [5.41, 5.74) is 5.41. The predicted molar refractivity (Wildman–Crippen MR) is 138 cm³/mol. The molecular weight excluding hydrogens is 505 g/mol. The van der Waals surface area contributed by atoms with Crippen LogP contribution in [0.5, 0.6) is 5.75 Å². The summed E-state index contributed by atoms with van der Waals surface area (Å²) in [5, 5.41) is 23.7. The van der Waals surface area contributed by atoms with Crippen LogP contribution in [0.3, 0.4) is 0 Å². The van der Waals surface area contributed by atoms with Crippen LogP contribution in [-0.4, -0.2) is 58.4 Å². The second kappa shape index (κ2) is 11.6. The molecule has 1 fully saturated rings. The standard InChI is InChI=1S/C24H24N4OS.C2HF3O2/c29-20-6-2-5-19(14-20)27-21-7-8-26-22-15-23(30-24(21)22)18-4-1-3-17(13-18)16-28-11-9-25-10-12-28;3-2(4,5)1(6)7/h1-8,13-15,25,29H,9-12,16H2,(H,26,27);(H,6,7). The number of aromatic nitrogens is 1. The zero-order valence-electron chi connectivity index (χ0n) is 19.6. The lowest BCUT2D eigenvalue weighted by molar-refractivity contribution is -0.192. The summed E-state index contributed by atoms with van der Waals surface area (Å²) in [6.45, 7) is 5.32. The number of benzene rings is 2. The molecule has 37 heavy (non-hydrogen) atoms. The molecule has 1 aliphatic rings. The minimum absolute atomic E-state index is 0.249. The van der Waals surface area contributed by atoms with E-state index >= 15 is 0 Å². The third kappa shape index (κ3) is 7.19. The number of pyridine rings is 1. The van der Waals surface area contributed by atoms with Crippen LogP contribution < -0.4 is 10.6 Å². The SMILES string of the molecule is O=C(O)C(F)(F)F.Oc1cccc(Nc2ccnc3cc(-c4cccc(CN5CCNCC5)c4)sc23)c1. The molecule has 4 aromatic rings. The lowest BCUT2D eigenvalue weighted by Gasteiger charge is -2.27. The minimum Gasteiger partial charge on any atom is -0.508 e. The quantitative estimate of drug-likeness (QED) is 0.272.